The molecule has 1 aliphatic carbocycles. The molecule has 6 rings (SSSR count). The maximum absolute atomic E-state index is 14.8. The van der Waals surface area contributed by atoms with Crippen molar-refractivity contribution in [3.8, 4) is 5.75 Å². The van der Waals surface area contributed by atoms with Crippen LogP contribution < -0.4 is 9.64 Å². The van der Waals surface area contributed by atoms with Gasteiger partial charge in [-0.25, -0.2) is 4.39 Å². The minimum atomic E-state index is -0.395. The highest BCUT2D eigenvalue weighted by Crippen LogP contribution is 2.50. The fourth-order valence-corrected chi connectivity index (χ4v) is 6.03. The zero-order valence-corrected chi connectivity index (χ0v) is 22.7. The molecule has 2 aromatic heterocycles. The summed E-state index contributed by atoms with van der Waals surface area (Å²) in [6.07, 6.45) is 6.29. The first-order valence-corrected chi connectivity index (χ1v) is 14.1. The van der Waals surface area contributed by atoms with Crippen molar-refractivity contribution < 1.29 is 18.4 Å². The summed E-state index contributed by atoms with van der Waals surface area (Å²) in [7, 11) is 0. The number of nitrogens with zero attached hydrogens (tertiary/aromatic N) is 5. The molecule has 4 heterocycles. The van der Waals surface area contributed by atoms with E-state index in [1.165, 1.54) is 12.5 Å². The van der Waals surface area contributed by atoms with Crippen molar-refractivity contribution in [3.63, 3.8) is 0 Å². The van der Waals surface area contributed by atoms with E-state index in [2.05, 4.69) is 33.9 Å². The van der Waals surface area contributed by atoms with Gasteiger partial charge in [0.2, 0.25) is 5.91 Å². The topological polar surface area (TPSA) is 84.6 Å². The Labute approximate surface area is 228 Å². The maximum atomic E-state index is 14.8. The van der Waals surface area contributed by atoms with Crippen LogP contribution in [0.2, 0.25) is 0 Å². The molecule has 1 saturated carbocycles. The van der Waals surface area contributed by atoms with Gasteiger partial charge >= 0.3 is 6.01 Å². The first kappa shape index (κ1) is 25.8. The van der Waals surface area contributed by atoms with E-state index in [4.69, 9.17) is 9.26 Å². The number of anilines is 1. The predicted molar refractivity (Wildman–Crippen MR) is 144 cm³/mol. The Bertz CT molecular complexity index is 1290. The van der Waals surface area contributed by atoms with Crippen molar-refractivity contribution in [2.45, 2.75) is 65.0 Å². The molecule has 1 aromatic carbocycles. The number of rotatable bonds is 9. The number of aromatic nitrogens is 3. The van der Waals surface area contributed by atoms with Crippen molar-refractivity contribution in [1.82, 2.24) is 20.0 Å². The molecule has 2 atom stereocenters. The van der Waals surface area contributed by atoms with Gasteiger partial charge in [-0.2, -0.15) is 4.98 Å². The number of amides is 1. The number of pyridine rings is 1. The number of hydrogen-bond donors (Lipinski definition) is 0. The standard InChI is InChI=1S/C30H36FN5O3/c1-19(2)29-33-30(39-34-29)35-11-7-20(8-12-35)25-14-21(25)9-13-38-24-6-5-22(26(31)16-24)15-28(37)36-17-23-4-3-10-32-27(23)18-36/h3-6,10,16,19-21,25H,7-9,11-15,17-18H2,1-2H3. The summed E-state index contributed by atoms with van der Waals surface area (Å²) in [4.78, 5) is 25.5. The Hall–Kier alpha value is -3.49. The molecule has 2 unspecified atom stereocenters. The Morgan fingerprint density at radius 1 is 1.21 bits per heavy atom. The SMILES string of the molecule is CC(C)c1noc(N2CCC(C3CC3CCOc3ccc(CC(=O)N4Cc5cccnc5C4)c(F)c3)CC2)n1. The smallest absolute Gasteiger partial charge is 0.324 e. The monoisotopic (exact) mass is 533 g/mol. The zero-order valence-electron chi connectivity index (χ0n) is 22.7. The van der Waals surface area contributed by atoms with E-state index in [0.717, 1.165) is 61.3 Å². The Balaban J connectivity index is 0.917. The van der Waals surface area contributed by atoms with Crippen LogP contribution in [0.4, 0.5) is 10.4 Å². The van der Waals surface area contributed by atoms with Crippen LogP contribution in [0.25, 0.3) is 0 Å². The largest absolute Gasteiger partial charge is 0.493 e. The van der Waals surface area contributed by atoms with Crippen LogP contribution in [0.3, 0.4) is 0 Å². The second-order valence-electron chi connectivity index (χ2n) is 11.5. The summed E-state index contributed by atoms with van der Waals surface area (Å²) in [5.41, 5.74) is 2.37. The first-order valence-electron chi connectivity index (χ1n) is 14.1. The van der Waals surface area contributed by atoms with Gasteiger partial charge in [0, 0.05) is 37.8 Å². The Morgan fingerprint density at radius 3 is 2.79 bits per heavy atom. The zero-order chi connectivity index (χ0) is 26.9. The van der Waals surface area contributed by atoms with Gasteiger partial charge in [-0.05, 0) is 66.7 Å². The highest BCUT2D eigenvalue weighted by molar-refractivity contribution is 5.79. The number of carbonyl (C=O) groups excluding carboxylic acids is 1. The molecule has 2 aliphatic heterocycles. The molecule has 39 heavy (non-hydrogen) atoms. The predicted octanol–water partition coefficient (Wildman–Crippen LogP) is 5.13. The number of hydrogen-bond acceptors (Lipinski definition) is 7. The van der Waals surface area contributed by atoms with E-state index < -0.39 is 5.82 Å². The van der Waals surface area contributed by atoms with Gasteiger partial charge in [0.1, 0.15) is 11.6 Å². The molecule has 2 fully saturated rings. The number of halogens is 1. The average Bonchev–Trinajstić information content (AvgIpc) is 3.33. The summed E-state index contributed by atoms with van der Waals surface area (Å²) in [6.45, 7) is 7.65. The minimum absolute atomic E-state index is 0.0358. The molecule has 0 N–H and O–H groups in total. The van der Waals surface area contributed by atoms with Crippen LogP contribution >= 0.6 is 0 Å². The number of ether oxygens (including phenoxy) is 1. The quantitative estimate of drug-likeness (QED) is 0.377. The second kappa shape index (κ2) is 10.9. The van der Waals surface area contributed by atoms with Gasteiger partial charge in [-0.3, -0.25) is 9.78 Å². The van der Waals surface area contributed by atoms with Crippen LogP contribution in [0.1, 0.15) is 68.1 Å². The molecule has 0 bridgehead atoms. The van der Waals surface area contributed by atoms with Crippen LogP contribution in [0.5, 0.6) is 5.75 Å². The minimum Gasteiger partial charge on any atom is -0.493 e. The maximum Gasteiger partial charge on any atom is 0.324 e. The van der Waals surface area contributed by atoms with E-state index in [9.17, 15) is 9.18 Å². The summed E-state index contributed by atoms with van der Waals surface area (Å²) >= 11 is 0. The van der Waals surface area contributed by atoms with Crippen LogP contribution in [-0.4, -0.2) is 45.6 Å². The lowest BCUT2D eigenvalue weighted by Crippen LogP contribution is -2.34. The van der Waals surface area contributed by atoms with E-state index >= 15 is 0 Å². The number of piperidine rings is 1. The molecule has 206 valence electrons. The molecule has 3 aromatic rings. The summed E-state index contributed by atoms with van der Waals surface area (Å²) in [5, 5.41) is 4.09. The first-order chi connectivity index (χ1) is 18.9. The van der Waals surface area contributed by atoms with Crippen LogP contribution in [0, 0.1) is 23.6 Å². The lowest BCUT2D eigenvalue weighted by atomic mass is 9.90. The number of fused-ring (bicyclic) bond motifs is 1. The van der Waals surface area contributed by atoms with E-state index in [0.29, 0.717) is 42.9 Å². The van der Waals surface area contributed by atoms with Gasteiger partial charge < -0.3 is 19.1 Å². The molecule has 0 radical (unpaired) electrons. The van der Waals surface area contributed by atoms with Crippen molar-refractivity contribution in [1.29, 1.82) is 0 Å². The third-order valence-electron chi connectivity index (χ3n) is 8.50. The summed E-state index contributed by atoms with van der Waals surface area (Å²) in [6, 6.07) is 9.36. The summed E-state index contributed by atoms with van der Waals surface area (Å²) < 4.78 is 26.1. The normalized spacial score (nSPS) is 20.9. The van der Waals surface area contributed by atoms with Crippen LogP contribution in [-0.2, 0) is 24.3 Å². The molecule has 0 spiro atoms. The average molecular weight is 534 g/mol. The van der Waals surface area contributed by atoms with Crippen molar-refractivity contribution in [2.24, 2.45) is 17.8 Å². The van der Waals surface area contributed by atoms with Gasteiger partial charge in [-0.1, -0.05) is 31.1 Å². The second-order valence-corrected chi connectivity index (χ2v) is 11.5. The fraction of sp³-hybridized carbons (Fsp3) is 0.533. The number of benzene rings is 1. The van der Waals surface area contributed by atoms with Gasteiger partial charge in [0.25, 0.3) is 0 Å². The van der Waals surface area contributed by atoms with Crippen molar-refractivity contribution in [2.75, 3.05) is 24.6 Å². The Kier molecular flexibility index (Phi) is 7.23. The van der Waals surface area contributed by atoms with E-state index in [1.54, 1.807) is 23.2 Å². The van der Waals surface area contributed by atoms with Gasteiger partial charge in [0.05, 0.1) is 25.3 Å². The highest BCUT2D eigenvalue weighted by Gasteiger charge is 2.43. The summed E-state index contributed by atoms with van der Waals surface area (Å²) in [5.74, 6) is 3.23. The van der Waals surface area contributed by atoms with E-state index in [1.807, 2.05) is 12.1 Å². The highest BCUT2D eigenvalue weighted by atomic mass is 19.1. The molecule has 8 nitrogen and oxygen atoms in total. The van der Waals surface area contributed by atoms with E-state index in [-0.39, 0.29) is 18.2 Å². The van der Waals surface area contributed by atoms with Gasteiger partial charge in [0.15, 0.2) is 5.82 Å². The lowest BCUT2D eigenvalue weighted by molar-refractivity contribution is -0.131. The fourth-order valence-electron chi connectivity index (χ4n) is 6.03. The molecular formula is C30H36FN5O3. The third-order valence-corrected chi connectivity index (χ3v) is 8.50. The molecule has 1 saturated heterocycles. The molecule has 9 heteroatoms. The molecular weight excluding hydrogens is 497 g/mol. The van der Waals surface area contributed by atoms with Crippen LogP contribution in [0.15, 0.2) is 41.1 Å². The third kappa shape index (κ3) is 5.77. The van der Waals surface area contributed by atoms with Crippen molar-refractivity contribution >= 4 is 11.9 Å². The molecule has 1 amide bonds. The van der Waals surface area contributed by atoms with Crippen molar-refractivity contribution in [3.05, 3.63) is 65.0 Å². The molecule has 3 aliphatic rings. The van der Waals surface area contributed by atoms with Gasteiger partial charge in [-0.15, -0.1) is 0 Å². The number of carbonyl (C=O) groups is 1. The lowest BCUT2D eigenvalue weighted by Gasteiger charge is -2.30. The Morgan fingerprint density at radius 2 is 2.05 bits per heavy atom.